The number of aromatic nitrogens is 2. The van der Waals surface area contributed by atoms with Crippen LogP contribution in [0, 0.1) is 0 Å². The van der Waals surface area contributed by atoms with Gasteiger partial charge in [-0.3, -0.25) is 9.98 Å². The molecule has 4 rings (SSSR count). The van der Waals surface area contributed by atoms with Crippen LogP contribution in [0.15, 0.2) is 72.1 Å². The molecule has 0 spiro atoms. The highest BCUT2D eigenvalue weighted by Gasteiger charge is 2.13. The molecular formula is C19H14ClN3. The Hall–Kier alpha value is -2.65. The van der Waals surface area contributed by atoms with Crippen molar-refractivity contribution < 1.29 is 0 Å². The average molecular weight is 320 g/mol. The summed E-state index contributed by atoms with van der Waals surface area (Å²) in [4.78, 5) is 8.61. The van der Waals surface area contributed by atoms with Crippen molar-refractivity contribution in [2.75, 3.05) is 0 Å². The maximum atomic E-state index is 6.04. The molecule has 1 aliphatic rings. The van der Waals surface area contributed by atoms with E-state index in [1.807, 2.05) is 61.2 Å². The minimum absolute atomic E-state index is 0.726. The summed E-state index contributed by atoms with van der Waals surface area (Å²) in [6.07, 6.45) is 12.5. The van der Waals surface area contributed by atoms with E-state index < -0.39 is 0 Å². The minimum Gasteiger partial charge on any atom is -0.308 e. The van der Waals surface area contributed by atoms with E-state index in [4.69, 9.17) is 11.6 Å². The monoisotopic (exact) mass is 319 g/mol. The molecule has 0 atom stereocenters. The van der Waals surface area contributed by atoms with E-state index in [1.54, 1.807) is 0 Å². The summed E-state index contributed by atoms with van der Waals surface area (Å²) in [5.74, 6) is 0. The van der Waals surface area contributed by atoms with Gasteiger partial charge in [0.05, 0.1) is 17.4 Å². The fourth-order valence-corrected chi connectivity index (χ4v) is 2.92. The number of allylic oxidation sites excluding steroid dienone is 3. The van der Waals surface area contributed by atoms with Crippen LogP contribution in [-0.4, -0.2) is 15.8 Å². The quantitative estimate of drug-likeness (QED) is 0.650. The van der Waals surface area contributed by atoms with Gasteiger partial charge < -0.3 is 4.57 Å². The van der Waals surface area contributed by atoms with E-state index in [0.717, 1.165) is 39.3 Å². The lowest BCUT2D eigenvalue weighted by Gasteiger charge is -2.11. The first-order chi connectivity index (χ1) is 11.3. The highest BCUT2D eigenvalue weighted by atomic mass is 35.5. The molecular weight excluding hydrogens is 306 g/mol. The van der Waals surface area contributed by atoms with Crippen molar-refractivity contribution in [2.24, 2.45) is 4.99 Å². The topological polar surface area (TPSA) is 30.2 Å². The highest BCUT2D eigenvalue weighted by Crippen LogP contribution is 2.29. The highest BCUT2D eigenvalue weighted by molar-refractivity contribution is 6.30. The molecule has 0 radical (unpaired) electrons. The molecule has 0 saturated carbocycles. The molecule has 3 aromatic rings. The molecule has 0 aliphatic carbocycles. The first-order valence-electron chi connectivity index (χ1n) is 7.43. The first-order valence-corrected chi connectivity index (χ1v) is 7.81. The molecule has 0 saturated heterocycles. The van der Waals surface area contributed by atoms with Gasteiger partial charge in [0.15, 0.2) is 0 Å². The molecule has 3 heterocycles. The van der Waals surface area contributed by atoms with Gasteiger partial charge in [0, 0.05) is 40.3 Å². The van der Waals surface area contributed by atoms with Crippen LogP contribution in [0.1, 0.15) is 12.1 Å². The van der Waals surface area contributed by atoms with E-state index >= 15 is 0 Å². The molecule has 1 aromatic carbocycles. The molecule has 0 bridgehead atoms. The third kappa shape index (κ3) is 2.60. The third-order valence-corrected chi connectivity index (χ3v) is 4.12. The number of fused-ring (bicyclic) bond motifs is 1. The normalized spacial score (nSPS) is 14.0. The Morgan fingerprint density at radius 2 is 1.96 bits per heavy atom. The number of benzene rings is 1. The number of nitrogens with zero attached hydrogens (tertiary/aromatic N) is 3. The van der Waals surface area contributed by atoms with Crippen LogP contribution in [0.4, 0.5) is 0 Å². The van der Waals surface area contributed by atoms with E-state index in [9.17, 15) is 0 Å². The lowest BCUT2D eigenvalue weighted by Crippen LogP contribution is -2.00. The number of halogens is 1. The fraction of sp³-hybridized carbons (Fsp3) is 0.0526. The molecule has 23 heavy (non-hydrogen) atoms. The van der Waals surface area contributed by atoms with Crippen LogP contribution in [0.5, 0.6) is 0 Å². The Balaban J connectivity index is 1.98. The summed E-state index contributed by atoms with van der Waals surface area (Å²) in [7, 11) is 0. The number of pyridine rings is 1. The second-order valence-corrected chi connectivity index (χ2v) is 5.77. The summed E-state index contributed by atoms with van der Waals surface area (Å²) in [6, 6.07) is 12.0. The average Bonchev–Trinajstić information content (AvgIpc) is 2.76. The first kappa shape index (κ1) is 14.0. The van der Waals surface area contributed by atoms with Crippen molar-refractivity contribution >= 4 is 34.3 Å². The van der Waals surface area contributed by atoms with Gasteiger partial charge in [-0.25, -0.2) is 0 Å². The van der Waals surface area contributed by atoms with Gasteiger partial charge in [-0.05, 0) is 42.8 Å². The molecule has 1 aliphatic heterocycles. The SMILES string of the molecule is Clc1ccc(-n2c(C3=CCC=CN=C3)cc3ccncc32)cc1. The van der Waals surface area contributed by atoms with Gasteiger partial charge in [-0.1, -0.05) is 23.8 Å². The fourth-order valence-electron chi connectivity index (χ4n) is 2.79. The second kappa shape index (κ2) is 5.86. The van der Waals surface area contributed by atoms with Crippen LogP contribution >= 0.6 is 11.6 Å². The number of rotatable bonds is 2. The van der Waals surface area contributed by atoms with Crippen LogP contribution in [0.2, 0.25) is 5.02 Å². The second-order valence-electron chi connectivity index (χ2n) is 5.33. The summed E-state index contributed by atoms with van der Waals surface area (Å²) in [5.41, 5.74) is 4.32. The smallest absolute Gasteiger partial charge is 0.0718 e. The predicted octanol–water partition coefficient (Wildman–Crippen LogP) is 5.05. The van der Waals surface area contributed by atoms with Gasteiger partial charge >= 0.3 is 0 Å². The third-order valence-electron chi connectivity index (χ3n) is 3.87. The standard InChI is InChI=1S/C19H14ClN3/c20-16-4-6-17(7-5-16)23-18(15-3-1-2-9-21-12-15)11-14-8-10-22-13-19(14)23/h2-13H,1H2. The lowest BCUT2D eigenvalue weighted by atomic mass is 10.1. The Kier molecular flexibility index (Phi) is 3.56. The summed E-state index contributed by atoms with van der Waals surface area (Å²) in [5, 5.41) is 1.88. The Labute approximate surface area is 139 Å². The Bertz CT molecular complexity index is 946. The van der Waals surface area contributed by atoms with E-state index in [2.05, 4.69) is 26.7 Å². The van der Waals surface area contributed by atoms with Crippen LogP contribution < -0.4 is 0 Å². The van der Waals surface area contributed by atoms with Crippen molar-refractivity contribution in [3.63, 3.8) is 0 Å². The van der Waals surface area contributed by atoms with Crippen LogP contribution in [0.3, 0.4) is 0 Å². The Morgan fingerprint density at radius 1 is 1.09 bits per heavy atom. The summed E-state index contributed by atoms with van der Waals surface area (Å²) < 4.78 is 2.20. The maximum absolute atomic E-state index is 6.04. The van der Waals surface area contributed by atoms with E-state index in [0.29, 0.717) is 0 Å². The summed E-state index contributed by atoms with van der Waals surface area (Å²) in [6.45, 7) is 0. The van der Waals surface area contributed by atoms with Gasteiger partial charge in [0.2, 0.25) is 0 Å². The Morgan fingerprint density at radius 3 is 2.83 bits per heavy atom. The molecule has 2 aromatic heterocycles. The molecule has 0 amide bonds. The van der Waals surface area contributed by atoms with E-state index in [-0.39, 0.29) is 0 Å². The number of aliphatic imine (C=N–C) groups is 1. The van der Waals surface area contributed by atoms with Crippen LogP contribution in [-0.2, 0) is 0 Å². The zero-order chi connectivity index (χ0) is 15.6. The number of hydrogen-bond acceptors (Lipinski definition) is 2. The molecule has 0 fully saturated rings. The van der Waals surface area contributed by atoms with Crippen molar-refractivity contribution in [3.05, 3.63) is 77.9 Å². The van der Waals surface area contributed by atoms with Gasteiger partial charge in [0.1, 0.15) is 0 Å². The van der Waals surface area contributed by atoms with Crippen molar-refractivity contribution in [1.82, 2.24) is 9.55 Å². The van der Waals surface area contributed by atoms with Gasteiger partial charge in [-0.2, -0.15) is 0 Å². The van der Waals surface area contributed by atoms with Crippen molar-refractivity contribution in [1.29, 1.82) is 0 Å². The molecule has 3 nitrogen and oxygen atoms in total. The predicted molar refractivity (Wildman–Crippen MR) is 96.3 cm³/mol. The zero-order valence-electron chi connectivity index (χ0n) is 12.4. The van der Waals surface area contributed by atoms with Crippen LogP contribution in [0.25, 0.3) is 22.2 Å². The lowest BCUT2D eigenvalue weighted by molar-refractivity contribution is 1.09. The van der Waals surface area contributed by atoms with Gasteiger partial charge in [-0.15, -0.1) is 0 Å². The van der Waals surface area contributed by atoms with Gasteiger partial charge in [0.25, 0.3) is 0 Å². The van der Waals surface area contributed by atoms with Crippen molar-refractivity contribution in [3.8, 4) is 5.69 Å². The largest absolute Gasteiger partial charge is 0.308 e. The zero-order valence-corrected chi connectivity index (χ0v) is 13.1. The summed E-state index contributed by atoms with van der Waals surface area (Å²) >= 11 is 6.04. The molecule has 0 unspecified atom stereocenters. The minimum atomic E-state index is 0.726. The molecule has 4 heteroatoms. The molecule has 112 valence electrons. The van der Waals surface area contributed by atoms with E-state index in [1.165, 1.54) is 0 Å². The number of hydrogen-bond donors (Lipinski definition) is 0. The maximum Gasteiger partial charge on any atom is 0.0718 e. The van der Waals surface area contributed by atoms with Crippen molar-refractivity contribution in [2.45, 2.75) is 6.42 Å². The molecule has 0 N–H and O–H groups in total.